The van der Waals surface area contributed by atoms with Crippen LogP contribution in [0.1, 0.15) is 20.8 Å². The molecule has 4 heteroatoms. The highest BCUT2D eigenvalue weighted by molar-refractivity contribution is 6.66. The van der Waals surface area contributed by atoms with Gasteiger partial charge in [-0.25, -0.2) is 0 Å². The number of hydrogen-bond donors (Lipinski definition) is 1. The smallest absolute Gasteiger partial charge is 0.336 e. The van der Waals surface area contributed by atoms with Gasteiger partial charge >= 0.3 is 8.56 Å². The van der Waals surface area contributed by atoms with Gasteiger partial charge in [0, 0.05) is 19.3 Å². The van der Waals surface area contributed by atoms with Crippen molar-refractivity contribution in [3.8, 4) is 0 Å². The maximum atomic E-state index is 5.69. The van der Waals surface area contributed by atoms with Crippen LogP contribution in [0.3, 0.4) is 0 Å². The lowest BCUT2D eigenvalue weighted by molar-refractivity contribution is 0.189. The topological polar surface area (TPSA) is 30.5 Å². The lowest BCUT2D eigenvalue weighted by atomic mass is 10.7. The number of rotatable bonds is 8. The summed E-state index contributed by atoms with van der Waals surface area (Å²) in [5, 5.41) is 3.30. The lowest BCUT2D eigenvalue weighted by Crippen LogP contribution is -2.41. The fraction of sp³-hybridized carbons (Fsp3) is 1.00. The largest absolute Gasteiger partial charge is 0.395 e. The summed E-state index contributed by atoms with van der Waals surface area (Å²) in [7, 11) is -1.85. The maximum Gasteiger partial charge on any atom is 0.336 e. The molecule has 0 saturated carbocycles. The second-order valence-corrected chi connectivity index (χ2v) is 6.45. The van der Waals surface area contributed by atoms with Gasteiger partial charge in [0.2, 0.25) is 0 Å². The Labute approximate surface area is 83.1 Å². The van der Waals surface area contributed by atoms with E-state index in [0.29, 0.717) is 0 Å². The highest BCUT2D eigenvalue weighted by atomic mass is 28.4. The zero-order valence-electron chi connectivity index (χ0n) is 9.35. The van der Waals surface area contributed by atoms with Crippen molar-refractivity contribution in [1.29, 1.82) is 0 Å². The first kappa shape index (κ1) is 13.1. The van der Waals surface area contributed by atoms with E-state index < -0.39 is 8.56 Å². The summed E-state index contributed by atoms with van der Waals surface area (Å²) in [6, 6.07) is 1.03. The van der Waals surface area contributed by atoms with Crippen molar-refractivity contribution in [3.05, 3.63) is 0 Å². The molecule has 0 unspecified atom stereocenters. The number of nitrogens with one attached hydrogen (secondary N) is 1. The van der Waals surface area contributed by atoms with E-state index in [1.807, 2.05) is 13.8 Å². The molecule has 0 radical (unpaired) electrons. The second kappa shape index (κ2) is 7.50. The van der Waals surface area contributed by atoms with Gasteiger partial charge in [0.1, 0.15) is 0 Å². The number of hydrogen-bond acceptors (Lipinski definition) is 3. The molecular formula is C9H23NO2Si. The summed E-state index contributed by atoms with van der Waals surface area (Å²) in [6.07, 6.45) is 0. The molecule has 0 aromatic rings. The zero-order chi connectivity index (χ0) is 10.2. The first-order valence-electron chi connectivity index (χ1n) is 5.17. The maximum absolute atomic E-state index is 5.69. The minimum absolute atomic E-state index is 0.759. The Bertz CT molecular complexity index is 116. The summed E-state index contributed by atoms with van der Waals surface area (Å²) in [6.45, 7) is 11.8. The monoisotopic (exact) mass is 205 g/mol. The molecule has 0 heterocycles. The molecule has 0 amide bonds. The third-order valence-electron chi connectivity index (χ3n) is 1.91. The molecule has 0 rings (SSSR count). The van der Waals surface area contributed by atoms with Gasteiger partial charge in [-0.3, -0.25) is 0 Å². The quantitative estimate of drug-likeness (QED) is 0.484. The molecule has 3 nitrogen and oxygen atoms in total. The fourth-order valence-corrected chi connectivity index (χ4v) is 3.51. The van der Waals surface area contributed by atoms with Crippen molar-refractivity contribution < 1.29 is 8.85 Å². The highest BCUT2D eigenvalue weighted by Crippen LogP contribution is 2.12. The van der Waals surface area contributed by atoms with Crippen LogP contribution in [0.15, 0.2) is 0 Å². The van der Waals surface area contributed by atoms with Crippen molar-refractivity contribution in [2.75, 3.05) is 26.3 Å². The summed E-state index contributed by atoms with van der Waals surface area (Å²) in [4.78, 5) is 0. The summed E-state index contributed by atoms with van der Waals surface area (Å²) in [5.41, 5.74) is 0. The van der Waals surface area contributed by atoms with Gasteiger partial charge in [-0.15, -0.1) is 0 Å². The Hall–Kier alpha value is 0.0969. The van der Waals surface area contributed by atoms with Crippen LogP contribution in [0.25, 0.3) is 0 Å². The van der Waals surface area contributed by atoms with Gasteiger partial charge in [0.05, 0.1) is 0 Å². The fourth-order valence-electron chi connectivity index (χ4n) is 1.29. The SMILES string of the molecule is CCNCC[Si](C)(OCC)OCC. The van der Waals surface area contributed by atoms with E-state index in [1.54, 1.807) is 0 Å². The van der Waals surface area contributed by atoms with Crippen molar-refractivity contribution in [2.45, 2.75) is 33.4 Å². The van der Waals surface area contributed by atoms with E-state index in [2.05, 4.69) is 18.8 Å². The van der Waals surface area contributed by atoms with E-state index in [1.165, 1.54) is 0 Å². The molecule has 0 aliphatic heterocycles. The zero-order valence-corrected chi connectivity index (χ0v) is 10.4. The molecule has 0 aliphatic carbocycles. The standard InChI is InChI=1S/C9H23NO2Si/c1-5-10-8-9-13(4,11-6-2)12-7-3/h10H,5-9H2,1-4H3. The third-order valence-corrected chi connectivity index (χ3v) is 4.86. The predicted molar refractivity (Wildman–Crippen MR) is 58.2 cm³/mol. The third kappa shape index (κ3) is 6.21. The Morgan fingerprint density at radius 1 is 1.08 bits per heavy atom. The van der Waals surface area contributed by atoms with E-state index in [9.17, 15) is 0 Å². The molecule has 13 heavy (non-hydrogen) atoms. The molecule has 0 aliphatic rings. The van der Waals surface area contributed by atoms with Crippen LogP contribution in [0.2, 0.25) is 12.6 Å². The van der Waals surface area contributed by atoms with Gasteiger partial charge in [-0.2, -0.15) is 0 Å². The molecule has 0 spiro atoms. The van der Waals surface area contributed by atoms with Crippen molar-refractivity contribution in [3.63, 3.8) is 0 Å². The molecular weight excluding hydrogens is 182 g/mol. The Balaban J connectivity index is 3.76. The normalized spacial score (nSPS) is 12.0. The van der Waals surface area contributed by atoms with E-state index in [0.717, 1.165) is 32.3 Å². The second-order valence-electron chi connectivity index (χ2n) is 3.10. The minimum Gasteiger partial charge on any atom is -0.395 e. The molecule has 0 aromatic carbocycles. The summed E-state index contributed by atoms with van der Waals surface area (Å²) < 4.78 is 11.4. The molecule has 80 valence electrons. The van der Waals surface area contributed by atoms with Crippen molar-refractivity contribution >= 4 is 8.56 Å². The molecule has 0 bridgehead atoms. The van der Waals surface area contributed by atoms with Gasteiger partial charge < -0.3 is 14.2 Å². The Kier molecular flexibility index (Phi) is 7.55. The molecule has 0 aromatic heterocycles. The van der Waals surface area contributed by atoms with Crippen LogP contribution in [0.4, 0.5) is 0 Å². The Morgan fingerprint density at radius 3 is 2.00 bits per heavy atom. The minimum atomic E-state index is -1.85. The predicted octanol–water partition coefficient (Wildman–Crippen LogP) is 1.74. The summed E-state index contributed by atoms with van der Waals surface area (Å²) >= 11 is 0. The first-order chi connectivity index (χ1) is 6.18. The van der Waals surface area contributed by atoms with Crippen molar-refractivity contribution in [1.82, 2.24) is 5.32 Å². The average Bonchev–Trinajstić information content (AvgIpc) is 2.05. The van der Waals surface area contributed by atoms with Gasteiger partial charge in [0.15, 0.2) is 0 Å². The van der Waals surface area contributed by atoms with Crippen LogP contribution in [0.5, 0.6) is 0 Å². The van der Waals surface area contributed by atoms with Crippen LogP contribution in [-0.4, -0.2) is 34.9 Å². The van der Waals surface area contributed by atoms with Crippen LogP contribution in [0, 0.1) is 0 Å². The first-order valence-corrected chi connectivity index (χ1v) is 7.69. The molecule has 0 atom stereocenters. The molecule has 0 fully saturated rings. The van der Waals surface area contributed by atoms with Crippen LogP contribution >= 0.6 is 0 Å². The Morgan fingerprint density at radius 2 is 1.62 bits per heavy atom. The van der Waals surface area contributed by atoms with E-state index in [-0.39, 0.29) is 0 Å². The van der Waals surface area contributed by atoms with Crippen molar-refractivity contribution in [2.24, 2.45) is 0 Å². The van der Waals surface area contributed by atoms with Gasteiger partial charge in [-0.1, -0.05) is 6.92 Å². The van der Waals surface area contributed by atoms with Crippen LogP contribution < -0.4 is 5.32 Å². The van der Waals surface area contributed by atoms with Crippen LogP contribution in [-0.2, 0) is 8.85 Å². The molecule has 1 N–H and O–H groups in total. The summed E-state index contributed by atoms with van der Waals surface area (Å²) in [5.74, 6) is 0. The highest BCUT2D eigenvalue weighted by Gasteiger charge is 2.29. The lowest BCUT2D eigenvalue weighted by Gasteiger charge is -2.25. The van der Waals surface area contributed by atoms with Gasteiger partial charge in [0.25, 0.3) is 0 Å². The average molecular weight is 205 g/mol. The van der Waals surface area contributed by atoms with E-state index >= 15 is 0 Å². The van der Waals surface area contributed by atoms with Gasteiger partial charge in [-0.05, 0) is 33.5 Å². The van der Waals surface area contributed by atoms with E-state index in [4.69, 9.17) is 8.85 Å². The molecule has 0 saturated heterocycles.